The summed E-state index contributed by atoms with van der Waals surface area (Å²) < 4.78 is 0. The van der Waals surface area contributed by atoms with E-state index in [0.29, 0.717) is 6.54 Å². The van der Waals surface area contributed by atoms with Crippen LogP contribution < -0.4 is 5.32 Å². The van der Waals surface area contributed by atoms with Gasteiger partial charge in [-0.25, -0.2) is 0 Å². The quantitative estimate of drug-likeness (QED) is 0.699. The molecule has 25 heavy (non-hydrogen) atoms. The Labute approximate surface area is 148 Å². The Morgan fingerprint density at radius 2 is 1.12 bits per heavy atom. The molecular weight excluding hydrogens is 308 g/mol. The van der Waals surface area contributed by atoms with Crippen LogP contribution in [0.2, 0.25) is 0 Å². The van der Waals surface area contributed by atoms with Crippen molar-refractivity contribution in [3.8, 4) is 0 Å². The summed E-state index contributed by atoms with van der Waals surface area (Å²) in [5.41, 5.74) is 3.23. The number of para-hydroxylation sites is 1. The SMILES string of the molecule is O=C(CN(Cc1ccccc1)Cc1ccccc1)Nc1ccccc1. The summed E-state index contributed by atoms with van der Waals surface area (Å²) in [5, 5.41) is 2.96. The van der Waals surface area contributed by atoms with Crippen molar-refractivity contribution in [1.82, 2.24) is 4.90 Å². The number of benzene rings is 3. The Balaban J connectivity index is 1.68. The summed E-state index contributed by atoms with van der Waals surface area (Å²) in [4.78, 5) is 14.6. The molecule has 0 saturated carbocycles. The third-order valence-corrected chi connectivity index (χ3v) is 3.92. The van der Waals surface area contributed by atoms with E-state index in [1.165, 1.54) is 11.1 Å². The molecule has 0 aliphatic carbocycles. The van der Waals surface area contributed by atoms with E-state index in [9.17, 15) is 4.79 Å². The molecule has 3 aromatic carbocycles. The van der Waals surface area contributed by atoms with Crippen LogP contribution in [0.1, 0.15) is 11.1 Å². The standard InChI is InChI=1S/C22H22N2O/c25-22(23-21-14-8-3-9-15-21)18-24(16-19-10-4-1-5-11-19)17-20-12-6-2-7-13-20/h1-15H,16-18H2,(H,23,25). The smallest absolute Gasteiger partial charge is 0.238 e. The molecule has 3 nitrogen and oxygen atoms in total. The molecule has 0 atom stereocenters. The van der Waals surface area contributed by atoms with Gasteiger partial charge in [-0.15, -0.1) is 0 Å². The second-order valence-corrected chi connectivity index (χ2v) is 6.03. The van der Waals surface area contributed by atoms with Crippen LogP contribution in [0, 0.1) is 0 Å². The number of nitrogens with zero attached hydrogens (tertiary/aromatic N) is 1. The summed E-state index contributed by atoms with van der Waals surface area (Å²) in [5.74, 6) is -0.00179. The van der Waals surface area contributed by atoms with Gasteiger partial charge in [-0.05, 0) is 23.3 Å². The molecule has 0 aliphatic heterocycles. The van der Waals surface area contributed by atoms with E-state index in [0.717, 1.165) is 18.8 Å². The van der Waals surface area contributed by atoms with Gasteiger partial charge >= 0.3 is 0 Å². The number of carbonyl (C=O) groups excluding carboxylic acids is 1. The van der Waals surface area contributed by atoms with E-state index in [4.69, 9.17) is 0 Å². The minimum Gasteiger partial charge on any atom is -0.325 e. The maximum absolute atomic E-state index is 12.5. The number of anilines is 1. The molecule has 0 fully saturated rings. The maximum atomic E-state index is 12.5. The summed E-state index contributed by atoms with van der Waals surface area (Å²) in [6.45, 7) is 1.81. The number of rotatable bonds is 7. The van der Waals surface area contributed by atoms with Crippen LogP contribution in [0.4, 0.5) is 5.69 Å². The first kappa shape index (κ1) is 16.9. The fourth-order valence-electron chi connectivity index (χ4n) is 2.78. The average molecular weight is 330 g/mol. The zero-order valence-corrected chi connectivity index (χ0v) is 14.1. The second kappa shape index (κ2) is 8.81. The van der Waals surface area contributed by atoms with Crippen LogP contribution >= 0.6 is 0 Å². The Bertz CT molecular complexity index is 731. The maximum Gasteiger partial charge on any atom is 0.238 e. The van der Waals surface area contributed by atoms with Crippen molar-refractivity contribution in [2.24, 2.45) is 0 Å². The van der Waals surface area contributed by atoms with Gasteiger partial charge < -0.3 is 5.32 Å². The molecule has 0 heterocycles. The molecule has 0 unspecified atom stereocenters. The zero-order chi connectivity index (χ0) is 17.3. The van der Waals surface area contributed by atoms with Gasteiger partial charge in [0.25, 0.3) is 0 Å². The van der Waals surface area contributed by atoms with Gasteiger partial charge in [-0.2, -0.15) is 0 Å². The fourth-order valence-corrected chi connectivity index (χ4v) is 2.78. The first-order valence-electron chi connectivity index (χ1n) is 8.45. The Hall–Kier alpha value is -2.91. The van der Waals surface area contributed by atoms with Crippen LogP contribution in [-0.2, 0) is 17.9 Å². The highest BCUT2D eigenvalue weighted by Gasteiger charge is 2.12. The van der Waals surface area contributed by atoms with Crippen LogP contribution in [0.15, 0.2) is 91.0 Å². The average Bonchev–Trinajstić information content (AvgIpc) is 2.64. The molecule has 3 rings (SSSR count). The van der Waals surface area contributed by atoms with E-state index in [1.54, 1.807) is 0 Å². The predicted octanol–water partition coefficient (Wildman–Crippen LogP) is 4.33. The number of amides is 1. The molecule has 1 amide bonds. The minimum atomic E-state index is -0.00179. The molecule has 0 aliphatic rings. The predicted molar refractivity (Wildman–Crippen MR) is 102 cm³/mol. The molecule has 3 aromatic rings. The van der Waals surface area contributed by atoms with Crippen LogP contribution in [0.5, 0.6) is 0 Å². The van der Waals surface area contributed by atoms with E-state index in [-0.39, 0.29) is 5.91 Å². The lowest BCUT2D eigenvalue weighted by Crippen LogP contribution is -2.32. The monoisotopic (exact) mass is 330 g/mol. The summed E-state index contributed by atoms with van der Waals surface area (Å²) >= 11 is 0. The van der Waals surface area contributed by atoms with Gasteiger partial charge in [0.05, 0.1) is 6.54 Å². The number of carbonyl (C=O) groups is 1. The van der Waals surface area contributed by atoms with Gasteiger partial charge in [0.1, 0.15) is 0 Å². The first-order valence-corrected chi connectivity index (χ1v) is 8.45. The van der Waals surface area contributed by atoms with Crippen LogP contribution in [0.25, 0.3) is 0 Å². The van der Waals surface area contributed by atoms with Gasteiger partial charge in [-0.3, -0.25) is 9.69 Å². The number of nitrogens with one attached hydrogen (secondary N) is 1. The van der Waals surface area contributed by atoms with Crippen molar-refractivity contribution in [3.05, 3.63) is 102 Å². The number of hydrogen-bond donors (Lipinski definition) is 1. The molecular formula is C22H22N2O. The second-order valence-electron chi connectivity index (χ2n) is 6.03. The highest BCUT2D eigenvalue weighted by molar-refractivity contribution is 5.92. The molecule has 0 spiro atoms. The third-order valence-electron chi connectivity index (χ3n) is 3.92. The molecule has 1 N–H and O–H groups in total. The molecule has 0 aromatic heterocycles. The van der Waals surface area contributed by atoms with Crippen LogP contribution in [0.3, 0.4) is 0 Å². The highest BCUT2D eigenvalue weighted by Crippen LogP contribution is 2.11. The topological polar surface area (TPSA) is 32.3 Å². The lowest BCUT2D eigenvalue weighted by molar-refractivity contribution is -0.117. The lowest BCUT2D eigenvalue weighted by Gasteiger charge is -2.22. The Kier molecular flexibility index (Phi) is 5.96. The molecule has 126 valence electrons. The van der Waals surface area contributed by atoms with Crippen molar-refractivity contribution in [2.45, 2.75) is 13.1 Å². The van der Waals surface area contributed by atoms with E-state index >= 15 is 0 Å². The third kappa shape index (κ3) is 5.59. The van der Waals surface area contributed by atoms with Gasteiger partial charge in [0, 0.05) is 18.8 Å². The van der Waals surface area contributed by atoms with E-state index < -0.39 is 0 Å². The lowest BCUT2D eigenvalue weighted by atomic mass is 10.1. The Morgan fingerprint density at radius 3 is 1.60 bits per heavy atom. The van der Waals surface area contributed by atoms with Gasteiger partial charge in [0.2, 0.25) is 5.91 Å². The largest absolute Gasteiger partial charge is 0.325 e. The van der Waals surface area contributed by atoms with Crippen molar-refractivity contribution in [3.63, 3.8) is 0 Å². The fraction of sp³-hybridized carbons (Fsp3) is 0.136. The first-order chi connectivity index (χ1) is 12.3. The summed E-state index contributed by atoms with van der Waals surface area (Å²) in [7, 11) is 0. The van der Waals surface area contributed by atoms with Crippen molar-refractivity contribution in [2.75, 3.05) is 11.9 Å². The Morgan fingerprint density at radius 1 is 0.680 bits per heavy atom. The highest BCUT2D eigenvalue weighted by atomic mass is 16.2. The minimum absolute atomic E-state index is 0.00179. The van der Waals surface area contributed by atoms with Crippen molar-refractivity contribution in [1.29, 1.82) is 0 Å². The molecule has 0 saturated heterocycles. The molecule has 3 heteroatoms. The molecule has 0 radical (unpaired) electrons. The zero-order valence-electron chi connectivity index (χ0n) is 14.1. The van der Waals surface area contributed by atoms with E-state index in [2.05, 4.69) is 34.5 Å². The van der Waals surface area contributed by atoms with Gasteiger partial charge in [0.15, 0.2) is 0 Å². The normalized spacial score (nSPS) is 10.6. The molecule has 0 bridgehead atoms. The van der Waals surface area contributed by atoms with E-state index in [1.807, 2.05) is 66.7 Å². The van der Waals surface area contributed by atoms with Gasteiger partial charge in [-0.1, -0.05) is 78.9 Å². The number of hydrogen-bond acceptors (Lipinski definition) is 2. The summed E-state index contributed by atoms with van der Waals surface area (Å²) in [6, 6.07) is 30.1. The van der Waals surface area contributed by atoms with Crippen molar-refractivity contribution < 1.29 is 4.79 Å². The van der Waals surface area contributed by atoms with Crippen molar-refractivity contribution >= 4 is 11.6 Å². The summed E-state index contributed by atoms with van der Waals surface area (Å²) in [6.07, 6.45) is 0. The van der Waals surface area contributed by atoms with Crippen LogP contribution in [-0.4, -0.2) is 17.4 Å².